The van der Waals surface area contributed by atoms with Gasteiger partial charge in [0, 0.05) is 17.1 Å². The standard InChI is InChI=1S/C9H10.C5H6.Fe/c1-2-6-9-7-4-3-5-8-9;1-2-4-5-3-1;/h2-5,7-8H,1,6H2;1-4H,5H2;. The fraction of sp³-hybridized carbons (Fsp3) is 0.143. The number of hydrogen-bond acceptors (Lipinski definition) is 0. The van der Waals surface area contributed by atoms with Crippen molar-refractivity contribution in [1.29, 1.82) is 0 Å². The molecule has 0 saturated heterocycles. The SMILES string of the molecule is C1=CCC=C1.C=CCc1ccccc1.[Fe]. The molecule has 0 heterocycles. The minimum Gasteiger partial charge on any atom is -0.103 e. The van der Waals surface area contributed by atoms with E-state index in [4.69, 9.17) is 0 Å². The van der Waals surface area contributed by atoms with Crippen molar-refractivity contribution in [1.82, 2.24) is 0 Å². The molecule has 0 aromatic heterocycles. The van der Waals surface area contributed by atoms with Gasteiger partial charge >= 0.3 is 0 Å². The van der Waals surface area contributed by atoms with E-state index in [1.807, 2.05) is 24.3 Å². The van der Waals surface area contributed by atoms with Gasteiger partial charge in [-0.05, 0) is 18.4 Å². The molecule has 0 aliphatic heterocycles. The molecule has 0 fully saturated rings. The fourth-order valence-electron chi connectivity index (χ4n) is 1.17. The Morgan fingerprint density at radius 1 is 1.07 bits per heavy atom. The van der Waals surface area contributed by atoms with Gasteiger partial charge in [0.25, 0.3) is 0 Å². The molecule has 1 aromatic carbocycles. The summed E-state index contributed by atoms with van der Waals surface area (Å²) in [6, 6.07) is 10.3. The van der Waals surface area contributed by atoms with Crippen LogP contribution in [-0.2, 0) is 23.5 Å². The van der Waals surface area contributed by atoms with Crippen LogP contribution in [0.15, 0.2) is 67.3 Å². The zero-order valence-corrected chi connectivity index (χ0v) is 9.85. The van der Waals surface area contributed by atoms with Gasteiger partial charge in [0.1, 0.15) is 0 Å². The Balaban J connectivity index is 0.000000280. The molecule has 0 spiro atoms. The molecule has 0 saturated carbocycles. The molecule has 0 radical (unpaired) electrons. The predicted octanol–water partition coefficient (Wildman–Crippen LogP) is 3.92. The van der Waals surface area contributed by atoms with Crippen LogP contribution in [0.1, 0.15) is 12.0 Å². The Hall–Kier alpha value is -1.04. The smallest absolute Gasteiger partial charge is 0 e. The topological polar surface area (TPSA) is 0 Å². The van der Waals surface area contributed by atoms with Gasteiger partial charge in [-0.3, -0.25) is 0 Å². The predicted molar refractivity (Wildman–Crippen MR) is 63.2 cm³/mol. The zero-order valence-electron chi connectivity index (χ0n) is 8.75. The van der Waals surface area contributed by atoms with Crippen molar-refractivity contribution < 1.29 is 17.1 Å². The van der Waals surface area contributed by atoms with Crippen LogP contribution >= 0.6 is 0 Å². The largest absolute Gasteiger partial charge is 0.103 e. The van der Waals surface area contributed by atoms with Crippen molar-refractivity contribution in [2.24, 2.45) is 0 Å². The maximum atomic E-state index is 3.66. The van der Waals surface area contributed by atoms with Crippen LogP contribution in [0.3, 0.4) is 0 Å². The van der Waals surface area contributed by atoms with Crippen LogP contribution in [0.25, 0.3) is 0 Å². The summed E-state index contributed by atoms with van der Waals surface area (Å²) < 4.78 is 0. The van der Waals surface area contributed by atoms with Crippen molar-refractivity contribution in [2.75, 3.05) is 0 Å². The molecule has 80 valence electrons. The molecular weight excluding hydrogens is 224 g/mol. The normalized spacial score (nSPS) is 11.2. The first-order valence-corrected chi connectivity index (χ1v) is 4.90. The molecule has 0 N–H and O–H groups in total. The third kappa shape index (κ3) is 6.96. The molecule has 1 aliphatic rings. The van der Waals surface area contributed by atoms with Crippen molar-refractivity contribution >= 4 is 0 Å². The monoisotopic (exact) mass is 240 g/mol. The average Bonchev–Trinajstić information content (AvgIpc) is 2.78. The number of allylic oxidation sites excluding steroid dienone is 5. The third-order valence-electron chi connectivity index (χ3n) is 1.88. The molecule has 0 bridgehead atoms. The van der Waals surface area contributed by atoms with E-state index in [9.17, 15) is 0 Å². The van der Waals surface area contributed by atoms with Gasteiger partial charge in [-0.2, -0.15) is 0 Å². The summed E-state index contributed by atoms with van der Waals surface area (Å²) in [5.74, 6) is 0. The van der Waals surface area contributed by atoms with E-state index in [1.165, 1.54) is 5.56 Å². The van der Waals surface area contributed by atoms with E-state index in [0.717, 1.165) is 12.8 Å². The maximum Gasteiger partial charge on any atom is 0 e. The van der Waals surface area contributed by atoms with E-state index in [0.29, 0.717) is 0 Å². The van der Waals surface area contributed by atoms with E-state index in [1.54, 1.807) is 0 Å². The van der Waals surface area contributed by atoms with Crippen molar-refractivity contribution in [3.63, 3.8) is 0 Å². The molecule has 0 unspecified atom stereocenters. The summed E-state index contributed by atoms with van der Waals surface area (Å²) in [5, 5.41) is 0. The Labute approximate surface area is 103 Å². The van der Waals surface area contributed by atoms with Crippen LogP contribution in [0.2, 0.25) is 0 Å². The Kier molecular flexibility index (Phi) is 8.85. The van der Waals surface area contributed by atoms with E-state index >= 15 is 0 Å². The summed E-state index contributed by atoms with van der Waals surface area (Å²) in [4.78, 5) is 0. The first kappa shape index (κ1) is 14.0. The molecule has 1 heteroatoms. The summed E-state index contributed by atoms with van der Waals surface area (Å²) in [6.45, 7) is 3.66. The molecular formula is C14H16Fe. The minimum atomic E-state index is 0. The van der Waals surface area contributed by atoms with Gasteiger partial charge in [-0.1, -0.05) is 60.7 Å². The summed E-state index contributed by atoms with van der Waals surface area (Å²) in [5.41, 5.74) is 1.33. The van der Waals surface area contributed by atoms with Gasteiger partial charge in [-0.25, -0.2) is 0 Å². The Bertz CT molecular complexity index is 299. The first-order valence-electron chi connectivity index (χ1n) is 4.90. The molecule has 0 amide bonds. The van der Waals surface area contributed by atoms with Gasteiger partial charge in [0.2, 0.25) is 0 Å². The summed E-state index contributed by atoms with van der Waals surface area (Å²) in [6.07, 6.45) is 12.4. The Morgan fingerprint density at radius 2 is 1.67 bits per heavy atom. The molecule has 1 aliphatic carbocycles. The van der Waals surface area contributed by atoms with Crippen LogP contribution in [-0.4, -0.2) is 0 Å². The van der Waals surface area contributed by atoms with Crippen LogP contribution in [0.5, 0.6) is 0 Å². The number of rotatable bonds is 2. The molecule has 0 nitrogen and oxygen atoms in total. The van der Waals surface area contributed by atoms with Gasteiger partial charge in [-0.15, -0.1) is 6.58 Å². The fourth-order valence-corrected chi connectivity index (χ4v) is 1.17. The van der Waals surface area contributed by atoms with E-state index < -0.39 is 0 Å². The quantitative estimate of drug-likeness (QED) is 0.543. The second kappa shape index (κ2) is 9.51. The second-order valence-electron chi connectivity index (χ2n) is 3.07. The van der Waals surface area contributed by atoms with Crippen LogP contribution < -0.4 is 0 Å². The molecule has 0 atom stereocenters. The minimum absolute atomic E-state index is 0. The van der Waals surface area contributed by atoms with Crippen molar-refractivity contribution in [2.45, 2.75) is 12.8 Å². The van der Waals surface area contributed by atoms with Crippen LogP contribution in [0, 0.1) is 0 Å². The van der Waals surface area contributed by atoms with Crippen molar-refractivity contribution in [3.8, 4) is 0 Å². The molecule has 2 rings (SSSR count). The summed E-state index contributed by atoms with van der Waals surface area (Å²) in [7, 11) is 0. The first-order chi connectivity index (χ1) is 6.93. The van der Waals surface area contributed by atoms with Gasteiger partial charge < -0.3 is 0 Å². The molecule has 1 aromatic rings. The number of hydrogen-bond donors (Lipinski definition) is 0. The van der Waals surface area contributed by atoms with Crippen molar-refractivity contribution in [3.05, 3.63) is 72.9 Å². The zero-order chi connectivity index (χ0) is 10.1. The second-order valence-corrected chi connectivity index (χ2v) is 3.07. The van der Waals surface area contributed by atoms with E-state index in [-0.39, 0.29) is 17.1 Å². The van der Waals surface area contributed by atoms with E-state index in [2.05, 4.69) is 43.0 Å². The molecule has 15 heavy (non-hydrogen) atoms. The number of benzene rings is 1. The average molecular weight is 240 g/mol. The third-order valence-corrected chi connectivity index (χ3v) is 1.88. The van der Waals surface area contributed by atoms with Gasteiger partial charge in [0.15, 0.2) is 0 Å². The Morgan fingerprint density at radius 3 is 2.07 bits per heavy atom. The van der Waals surface area contributed by atoms with Gasteiger partial charge in [0.05, 0.1) is 0 Å². The summed E-state index contributed by atoms with van der Waals surface area (Å²) >= 11 is 0. The maximum absolute atomic E-state index is 3.66. The van der Waals surface area contributed by atoms with Crippen LogP contribution in [0.4, 0.5) is 0 Å².